The molecule has 0 amide bonds. The van der Waals surface area contributed by atoms with Gasteiger partial charge in [0.15, 0.2) is 0 Å². The molecular weight excluding hydrogens is 222 g/mol. The first-order chi connectivity index (χ1) is 8.70. The van der Waals surface area contributed by atoms with Crippen LogP contribution in [0.1, 0.15) is 48.8 Å². The van der Waals surface area contributed by atoms with Crippen molar-refractivity contribution in [2.45, 2.75) is 58.5 Å². The van der Waals surface area contributed by atoms with Gasteiger partial charge in [-0.25, -0.2) is 0 Å². The molecule has 2 nitrogen and oxygen atoms in total. The topological polar surface area (TPSA) is 21.3 Å². The zero-order valence-electron chi connectivity index (χ0n) is 11.9. The van der Waals surface area contributed by atoms with Crippen LogP contribution >= 0.6 is 0 Å². The molecular formula is C16H25NO. The summed E-state index contributed by atoms with van der Waals surface area (Å²) in [6, 6.07) is 5.12. The maximum Gasteiger partial charge on any atom is 0.122 e. The Bertz CT molecular complexity index is 394. The molecule has 0 aliphatic heterocycles. The third-order valence-corrected chi connectivity index (χ3v) is 4.04. The monoisotopic (exact) mass is 247 g/mol. The number of methoxy groups -OCH3 is 1. The first-order valence-corrected chi connectivity index (χ1v) is 7.08. The molecule has 0 atom stereocenters. The average Bonchev–Trinajstić information content (AvgIpc) is 2.40. The van der Waals surface area contributed by atoms with E-state index in [0.29, 0.717) is 0 Å². The molecule has 100 valence electrons. The second-order valence-electron chi connectivity index (χ2n) is 5.46. The predicted molar refractivity (Wildman–Crippen MR) is 76.2 cm³/mol. The van der Waals surface area contributed by atoms with Gasteiger partial charge in [0, 0.05) is 12.6 Å². The van der Waals surface area contributed by atoms with Crippen LogP contribution in [0.5, 0.6) is 5.75 Å². The van der Waals surface area contributed by atoms with Gasteiger partial charge in [-0.2, -0.15) is 0 Å². The maximum atomic E-state index is 5.35. The van der Waals surface area contributed by atoms with E-state index in [1.807, 2.05) is 0 Å². The zero-order valence-corrected chi connectivity index (χ0v) is 11.9. The van der Waals surface area contributed by atoms with Crippen molar-refractivity contribution in [1.29, 1.82) is 0 Å². The van der Waals surface area contributed by atoms with Crippen LogP contribution in [0.2, 0.25) is 0 Å². The van der Waals surface area contributed by atoms with E-state index in [4.69, 9.17) is 4.74 Å². The molecule has 1 aromatic rings. The molecule has 0 bridgehead atoms. The molecule has 1 fully saturated rings. The van der Waals surface area contributed by atoms with Crippen molar-refractivity contribution in [3.8, 4) is 5.75 Å². The van der Waals surface area contributed by atoms with Crippen molar-refractivity contribution in [3.63, 3.8) is 0 Å². The summed E-state index contributed by atoms with van der Waals surface area (Å²) in [6.07, 6.45) is 6.87. The minimum Gasteiger partial charge on any atom is -0.496 e. The molecule has 1 saturated carbocycles. The fraction of sp³-hybridized carbons (Fsp3) is 0.625. The van der Waals surface area contributed by atoms with Gasteiger partial charge in [0.25, 0.3) is 0 Å². The lowest BCUT2D eigenvalue weighted by atomic mass is 9.95. The Morgan fingerprint density at radius 1 is 1.11 bits per heavy atom. The van der Waals surface area contributed by atoms with E-state index in [1.165, 1.54) is 48.8 Å². The Labute approximate surface area is 111 Å². The quantitative estimate of drug-likeness (QED) is 0.875. The summed E-state index contributed by atoms with van der Waals surface area (Å²) in [7, 11) is 1.74. The van der Waals surface area contributed by atoms with Crippen molar-refractivity contribution in [3.05, 3.63) is 28.8 Å². The molecule has 0 heterocycles. The standard InChI is InChI=1S/C16H25NO/c1-12-10-16(18-3)13(2)9-14(12)11-17-15-7-5-4-6-8-15/h9-10,15,17H,4-8,11H2,1-3H3. The van der Waals surface area contributed by atoms with E-state index in [1.54, 1.807) is 7.11 Å². The van der Waals surface area contributed by atoms with E-state index in [2.05, 4.69) is 31.3 Å². The van der Waals surface area contributed by atoms with Crippen LogP contribution in [0.3, 0.4) is 0 Å². The number of nitrogens with one attached hydrogen (secondary N) is 1. The SMILES string of the molecule is COc1cc(C)c(CNC2CCCCC2)cc1C. The number of benzene rings is 1. The Balaban J connectivity index is 1.98. The zero-order chi connectivity index (χ0) is 13.0. The van der Waals surface area contributed by atoms with Gasteiger partial charge in [-0.1, -0.05) is 25.3 Å². The number of ether oxygens (including phenoxy) is 1. The second kappa shape index (κ2) is 6.24. The number of aryl methyl sites for hydroxylation is 2. The van der Waals surface area contributed by atoms with Crippen molar-refractivity contribution >= 4 is 0 Å². The Morgan fingerprint density at radius 3 is 2.50 bits per heavy atom. The van der Waals surface area contributed by atoms with Crippen LogP contribution in [0.15, 0.2) is 12.1 Å². The number of hydrogen-bond donors (Lipinski definition) is 1. The van der Waals surface area contributed by atoms with E-state index >= 15 is 0 Å². The summed E-state index contributed by atoms with van der Waals surface area (Å²) >= 11 is 0. The number of hydrogen-bond acceptors (Lipinski definition) is 2. The molecule has 18 heavy (non-hydrogen) atoms. The highest BCUT2D eigenvalue weighted by molar-refractivity contribution is 5.41. The van der Waals surface area contributed by atoms with Crippen molar-refractivity contribution in [1.82, 2.24) is 5.32 Å². The van der Waals surface area contributed by atoms with Crippen molar-refractivity contribution in [2.24, 2.45) is 0 Å². The fourth-order valence-corrected chi connectivity index (χ4v) is 2.82. The van der Waals surface area contributed by atoms with Gasteiger partial charge >= 0.3 is 0 Å². The smallest absolute Gasteiger partial charge is 0.122 e. The lowest BCUT2D eigenvalue weighted by molar-refractivity contribution is 0.372. The van der Waals surface area contributed by atoms with Crippen LogP contribution in [0.25, 0.3) is 0 Å². The van der Waals surface area contributed by atoms with Crippen molar-refractivity contribution < 1.29 is 4.74 Å². The Morgan fingerprint density at radius 2 is 1.83 bits per heavy atom. The largest absolute Gasteiger partial charge is 0.496 e. The highest BCUT2D eigenvalue weighted by Gasteiger charge is 2.13. The van der Waals surface area contributed by atoms with Gasteiger partial charge in [-0.3, -0.25) is 0 Å². The molecule has 0 saturated heterocycles. The van der Waals surface area contributed by atoms with Gasteiger partial charge in [0.2, 0.25) is 0 Å². The van der Waals surface area contributed by atoms with Crippen LogP contribution in [0, 0.1) is 13.8 Å². The third-order valence-electron chi connectivity index (χ3n) is 4.04. The first-order valence-electron chi connectivity index (χ1n) is 7.08. The molecule has 2 rings (SSSR count). The predicted octanol–water partition coefficient (Wildman–Crippen LogP) is 3.73. The van der Waals surface area contributed by atoms with E-state index in [0.717, 1.165) is 18.3 Å². The summed E-state index contributed by atoms with van der Waals surface area (Å²) < 4.78 is 5.35. The third kappa shape index (κ3) is 3.26. The van der Waals surface area contributed by atoms with Crippen LogP contribution < -0.4 is 10.1 Å². The summed E-state index contributed by atoms with van der Waals surface area (Å²) in [5.74, 6) is 0.994. The molecule has 1 aliphatic rings. The molecule has 0 spiro atoms. The highest BCUT2D eigenvalue weighted by Crippen LogP contribution is 2.23. The van der Waals surface area contributed by atoms with Gasteiger partial charge in [-0.15, -0.1) is 0 Å². The van der Waals surface area contributed by atoms with Gasteiger partial charge in [-0.05, 0) is 49.4 Å². The van der Waals surface area contributed by atoms with Gasteiger partial charge in [0.1, 0.15) is 5.75 Å². The molecule has 0 aromatic heterocycles. The lowest BCUT2D eigenvalue weighted by Gasteiger charge is -2.23. The van der Waals surface area contributed by atoms with Crippen LogP contribution in [0.4, 0.5) is 0 Å². The summed E-state index contributed by atoms with van der Waals surface area (Å²) in [5.41, 5.74) is 3.95. The second-order valence-corrected chi connectivity index (χ2v) is 5.46. The normalized spacial score (nSPS) is 16.8. The van der Waals surface area contributed by atoms with E-state index in [9.17, 15) is 0 Å². The summed E-state index contributed by atoms with van der Waals surface area (Å²) in [4.78, 5) is 0. The molecule has 2 heteroatoms. The summed E-state index contributed by atoms with van der Waals surface area (Å²) in [6.45, 7) is 5.27. The Hall–Kier alpha value is -1.02. The lowest BCUT2D eigenvalue weighted by Crippen LogP contribution is -2.30. The molecule has 0 radical (unpaired) electrons. The maximum absolute atomic E-state index is 5.35. The van der Waals surface area contributed by atoms with Gasteiger partial charge in [0.05, 0.1) is 7.11 Å². The fourth-order valence-electron chi connectivity index (χ4n) is 2.82. The molecule has 1 N–H and O–H groups in total. The van der Waals surface area contributed by atoms with Crippen LogP contribution in [-0.4, -0.2) is 13.2 Å². The Kier molecular flexibility index (Phi) is 4.65. The highest BCUT2D eigenvalue weighted by atomic mass is 16.5. The number of rotatable bonds is 4. The molecule has 1 aliphatic carbocycles. The van der Waals surface area contributed by atoms with E-state index in [-0.39, 0.29) is 0 Å². The minimum atomic E-state index is 0.723. The van der Waals surface area contributed by atoms with E-state index < -0.39 is 0 Å². The first kappa shape index (κ1) is 13.4. The molecule has 0 unspecified atom stereocenters. The molecule has 1 aromatic carbocycles. The van der Waals surface area contributed by atoms with Crippen molar-refractivity contribution in [2.75, 3.05) is 7.11 Å². The summed E-state index contributed by atoms with van der Waals surface area (Å²) in [5, 5.41) is 3.70. The van der Waals surface area contributed by atoms with Crippen LogP contribution in [-0.2, 0) is 6.54 Å². The van der Waals surface area contributed by atoms with Gasteiger partial charge < -0.3 is 10.1 Å². The average molecular weight is 247 g/mol. The minimum absolute atomic E-state index is 0.723.